The lowest BCUT2D eigenvalue weighted by molar-refractivity contribution is -0.381. The molecule has 9 rings (SSSR count). The van der Waals surface area contributed by atoms with E-state index in [1.54, 1.807) is 0 Å². The zero-order valence-electron chi connectivity index (χ0n) is 45.1. The number of rotatable bonds is 11. The number of carbonyl (C=O) groups excluding carboxylic acids is 1. The van der Waals surface area contributed by atoms with Gasteiger partial charge < -0.3 is 104 Å². The number of esters is 1. The van der Waals surface area contributed by atoms with Gasteiger partial charge in [0, 0.05) is 0 Å². The number of ether oxygens (including phenoxy) is 8. The molecule has 436 valence electrons. The highest BCUT2D eigenvalue weighted by Crippen LogP contribution is 2.76. The molecule has 4 heterocycles. The third kappa shape index (κ3) is 9.57. The smallest absolute Gasteiger partial charge is 0.315 e. The number of aliphatic hydroxyl groups excluding tert-OH is 13. The van der Waals surface area contributed by atoms with Crippen LogP contribution in [0.15, 0.2) is 11.6 Å². The maximum absolute atomic E-state index is 14.8. The van der Waals surface area contributed by atoms with E-state index in [0.29, 0.717) is 25.7 Å². The summed E-state index contributed by atoms with van der Waals surface area (Å²) < 4.78 is 48.3. The van der Waals surface area contributed by atoms with E-state index in [2.05, 4.69) is 54.5 Å². The average molecular weight is 1090 g/mol. The first-order valence-corrected chi connectivity index (χ1v) is 27.7. The molecule has 0 aromatic rings. The van der Waals surface area contributed by atoms with Crippen molar-refractivity contribution in [1.29, 1.82) is 0 Å². The molecule has 76 heavy (non-hydrogen) atoms. The molecular formula is C54H88O22. The highest BCUT2D eigenvalue weighted by atomic mass is 16.8. The Kier molecular flexibility index (Phi) is 16.6. The van der Waals surface area contributed by atoms with E-state index < -0.39 is 166 Å². The van der Waals surface area contributed by atoms with E-state index in [9.17, 15) is 71.2 Å². The summed E-state index contributed by atoms with van der Waals surface area (Å²) in [6, 6.07) is 0. The Balaban J connectivity index is 0.964. The normalized spacial score (nSPS) is 54.0. The largest absolute Gasteiger partial charge is 0.432 e. The van der Waals surface area contributed by atoms with Gasteiger partial charge in [-0.2, -0.15) is 0 Å². The molecular weight excluding hydrogens is 1000 g/mol. The molecule has 0 unspecified atom stereocenters. The van der Waals surface area contributed by atoms with Gasteiger partial charge in [0.05, 0.1) is 37.4 Å². The van der Waals surface area contributed by atoms with Gasteiger partial charge in [-0.1, -0.05) is 60.1 Å². The summed E-state index contributed by atoms with van der Waals surface area (Å²) in [4.78, 5) is 14.8. The topological polar surface area (TPSA) is 354 Å². The molecule has 8 fully saturated rings. The summed E-state index contributed by atoms with van der Waals surface area (Å²) in [6.07, 6.45) is -22.3. The molecule has 0 bridgehead atoms. The van der Waals surface area contributed by atoms with E-state index in [-0.39, 0.29) is 39.4 Å². The molecule has 0 amide bonds. The van der Waals surface area contributed by atoms with Gasteiger partial charge in [-0.3, -0.25) is 4.79 Å². The molecule has 28 atom stereocenters. The zero-order chi connectivity index (χ0) is 55.6. The van der Waals surface area contributed by atoms with E-state index in [4.69, 9.17) is 37.9 Å². The molecule has 0 aromatic heterocycles. The summed E-state index contributed by atoms with van der Waals surface area (Å²) >= 11 is 0. The lowest BCUT2D eigenvalue weighted by Crippen LogP contribution is -2.67. The molecule has 0 spiro atoms. The summed E-state index contributed by atoms with van der Waals surface area (Å²) in [5.74, 6) is -0.403. The highest BCUT2D eigenvalue weighted by molar-refractivity contribution is 5.79. The molecule has 0 radical (unpaired) electrons. The molecule has 22 nitrogen and oxygen atoms in total. The van der Waals surface area contributed by atoms with Crippen LogP contribution in [-0.4, -0.2) is 221 Å². The Bertz CT molecular complexity index is 2090. The first-order valence-electron chi connectivity index (χ1n) is 27.7. The van der Waals surface area contributed by atoms with Crippen LogP contribution < -0.4 is 0 Å². The minimum atomic E-state index is -1.79. The third-order valence-electron chi connectivity index (χ3n) is 21.4. The fourth-order valence-electron chi connectivity index (χ4n) is 16.4. The van der Waals surface area contributed by atoms with E-state index in [0.717, 1.165) is 38.5 Å². The summed E-state index contributed by atoms with van der Waals surface area (Å²) in [6.45, 7) is 15.5. The maximum atomic E-state index is 14.8. The monoisotopic (exact) mass is 1090 g/mol. The molecule has 5 aliphatic carbocycles. The van der Waals surface area contributed by atoms with Gasteiger partial charge in [-0.25, -0.2) is 0 Å². The van der Waals surface area contributed by atoms with E-state index in [1.807, 2.05) is 0 Å². The highest BCUT2D eigenvalue weighted by Gasteiger charge is 2.70. The first kappa shape index (κ1) is 59.0. The Morgan fingerprint density at radius 1 is 0.579 bits per heavy atom. The number of allylic oxidation sites excluding steroid dienone is 2. The lowest BCUT2D eigenvalue weighted by atomic mass is 9.33. The summed E-state index contributed by atoms with van der Waals surface area (Å²) in [7, 11) is 0. The maximum Gasteiger partial charge on any atom is 0.315 e. The second-order valence-electron chi connectivity index (χ2n) is 26.3. The van der Waals surface area contributed by atoms with Crippen molar-refractivity contribution in [2.45, 2.75) is 249 Å². The molecule has 9 aliphatic rings. The van der Waals surface area contributed by atoms with Gasteiger partial charge in [0.15, 0.2) is 18.9 Å². The van der Waals surface area contributed by atoms with Crippen LogP contribution in [0.3, 0.4) is 0 Å². The average Bonchev–Trinajstić information content (AvgIpc) is 3.56. The molecule has 13 N–H and O–H groups in total. The molecule has 22 heteroatoms. The van der Waals surface area contributed by atoms with Crippen molar-refractivity contribution in [2.75, 3.05) is 19.8 Å². The second-order valence-corrected chi connectivity index (χ2v) is 26.3. The van der Waals surface area contributed by atoms with Crippen LogP contribution in [0.4, 0.5) is 0 Å². The fourth-order valence-corrected chi connectivity index (χ4v) is 16.4. The van der Waals surface area contributed by atoms with Crippen LogP contribution >= 0.6 is 0 Å². The standard InChI is InChI=1S/C54H88O22/c1-23-32(57)36(61)41(66)45(70-23)75-43-39(64)35(60)28(22-69-44-40(65)37(62)33(58)26(20-55)71-44)73-47(43)74-31-12-13-51(6)29(50(31,4)5)11-14-53(8)30(51)10-9-24-25-19-49(2,3)15-17-54(25,18-16-52(24,53)7)48(68)76-46-42(67)38(63)34(59)27(21-56)72-46/h9,23,25-47,55-67H,10-22H2,1-8H3/t23-,25-,26+,27+,28+,29-,30+,31-,32-,33+,34+,35+,36+,37-,38-,39-,40+,41+,42+,43+,44+,45-,46-,47-,51-,52+,53+,54-/m0/s1. The predicted molar refractivity (Wildman–Crippen MR) is 261 cm³/mol. The van der Waals surface area contributed by atoms with Crippen molar-refractivity contribution >= 4 is 5.97 Å². The van der Waals surface area contributed by atoms with Crippen LogP contribution in [0.2, 0.25) is 0 Å². The number of carbonyl (C=O) groups is 1. The Labute approximate surface area is 444 Å². The molecule has 4 saturated heterocycles. The first-order chi connectivity index (χ1) is 35.5. The molecule has 4 saturated carbocycles. The van der Waals surface area contributed by atoms with Crippen LogP contribution in [0, 0.1) is 50.2 Å². The fraction of sp³-hybridized carbons (Fsp3) is 0.944. The molecule has 4 aliphatic heterocycles. The Hall–Kier alpha value is -1.59. The number of fused-ring (bicyclic) bond motifs is 7. The van der Waals surface area contributed by atoms with Gasteiger partial charge in [-0.05, 0) is 116 Å². The summed E-state index contributed by atoms with van der Waals surface area (Å²) in [5, 5.41) is 138. The van der Waals surface area contributed by atoms with Gasteiger partial charge in [0.25, 0.3) is 0 Å². The summed E-state index contributed by atoms with van der Waals surface area (Å²) in [5.41, 5.74) is -1.08. The molecule has 0 aromatic carbocycles. The predicted octanol–water partition coefficient (Wildman–Crippen LogP) is -1.01. The lowest BCUT2D eigenvalue weighted by Gasteiger charge is -2.71. The van der Waals surface area contributed by atoms with Crippen molar-refractivity contribution in [3.63, 3.8) is 0 Å². The van der Waals surface area contributed by atoms with Crippen molar-refractivity contribution < 1.29 is 109 Å². The van der Waals surface area contributed by atoms with Crippen molar-refractivity contribution in [3.05, 3.63) is 11.6 Å². The van der Waals surface area contributed by atoms with Gasteiger partial charge in [-0.15, -0.1) is 0 Å². The Morgan fingerprint density at radius 2 is 1.14 bits per heavy atom. The third-order valence-corrected chi connectivity index (χ3v) is 21.4. The Morgan fingerprint density at radius 3 is 1.79 bits per heavy atom. The van der Waals surface area contributed by atoms with Crippen LogP contribution in [0.1, 0.15) is 120 Å². The quantitative estimate of drug-likeness (QED) is 0.0670. The van der Waals surface area contributed by atoms with Crippen LogP contribution in [0.5, 0.6) is 0 Å². The number of aliphatic hydroxyl groups is 13. The minimum Gasteiger partial charge on any atom is -0.432 e. The second kappa shape index (κ2) is 21.3. The van der Waals surface area contributed by atoms with Crippen molar-refractivity contribution in [1.82, 2.24) is 0 Å². The minimum absolute atomic E-state index is 0.0879. The van der Waals surface area contributed by atoms with E-state index >= 15 is 0 Å². The van der Waals surface area contributed by atoms with Gasteiger partial charge in [0.1, 0.15) is 91.6 Å². The van der Waals surface area contributed by atoms with Crippen molar-refractivity contribution in [3.8, 4) is 0 Å². The number of hydrogen-bond donors (Lipinski definition) is 13. The zero-order valence-corrected chi connectivity index (χ0v) is 45.1. The van der Waals surface area contributed by atoms with E-state index in [1.165, 1.54) is 12.5 Å². The number of hydrogen-bond acceptors (Lipinski definition) is 22. The van der Waals surface area contributed by atoms with Gasteiger partial charge >= 0.3 is 5.97 Å². The van der Waals surface area contributed by atoms with Crippen LogP contribution in [-0.2, 0) is 42.7 Å². The van der Waals surface area contributed by atoms with Gasteiger partial charge in [0.2, 0.25) is 6.29 Å². The van der Waals surface area contributed by atoms with Crippen molar-refractivity contribution in [2.24, 2.45) is 50.2 Å². The van der Waals surface area contributed by atoms with Crippen LogP contribution in [0.25, 0.3) is 0 Å². The SMILES string of the molecule is C[C@@H]1O[C@@H](O[C@H]2[C@H](O[C@H]3CC[C@]4(C)[C@H]5CC=C6[C@@H]7CC(C)(C)CC[C@]7(C(=O)O[C@@H]7O[C@H](CO)[C@@H](O)[C@H](O)[C@H]7O)CC[C@@]6(C)[C@]5(C)CC[C@H]4C3(C)C)O[C@H](CO[C@@H]3O[C@H](CO)[C@@H](O)[C@H](O)[C@H]3O)[C@@H](O)[C@@H]2O)[C@H](O)[C@H](O)[C@H]1O.